The first-order valence-electron chi connectivity index (χ1n) is 6.90. The van der Waals surface area contributed by atoms with E-state index in [2.05, 4.69) is 10.6 Å². The van der Waals surface area contributed by atoms with Crippen molar-refractivity contribution in [2.24, 2.45) is 0 Å². The summed E-state index contributed by atoms with van der Waals surface area (Å²) in [7, 11) is 0. The van der Waals surface area contributed by atoms with Gasteiger partial charge in [-0.15, -0.1) is 0 Å². The molecule has 0 bridgehead atoms. The van der Waals surface area contributed by atoms with Crippen LogP contribution in [0.25, 0.3) is 0 Å². The standard InChI is InChI=1S/C16H13F3N2OS/c17-16(18,19)10-4-3-5-11(8-10)20-15(23)21-13-9-22-14-7-2-1-6-12(13)14/h1-8,13H,9H2,(H2,20,21,23). The number of rotatable bonds is 2. The van der Waals surface area contributed by atoms with Gasteiger partial charge in [-0.1, -0.05) is 24.3 Å². The summed E-state index contributed by atoms with van der Waals surface area (Å²) in [6.45, 7) is 0.420. The molecule has 3 nitrogen and oxygen atoms in total. The fourth-order valence-corrected chi connectivity index (χ4v) is 2.64. The monoisotopic (exact) mass is 338 g/mol. The van der Waals surface area contributed by atoms with Gasteiger partial charge in [-0.2, -0.15) is 13.2 Å². The molecule has 2 N–H and O–H groups in total. The van der Waals surface area contributed by atoms with E-state index in [1.54, 1.807) is 0 Å². The van der Waals surface area contributed by atoms with Crippen LogP contribution in [0, 0.1) is 0 Å². The van der Waals surface area contributed by atoms with Gasteiger partial charge in [0.15, 0.2) is 5.11 Å². The highest BCUT2D eigenvalue weighted by Gasteiger charge is 2.30. The van der Waals surface area contributed by atoms with E-state index in [0.717, 1.165) is 23.4 Å². The Balaban J connectivity index is 1.67. The lowest BCUT2D eigenvalue weighted by Gasteiger charge is -2.16. The molecule has 7 heteroatoms. The molecule has 120 valence electrons. The van der Waals surface area contributed by atoms with Crippen molar-refractivity contribution >= 4 is 23.0 Å². The highest BCUT2D eigenvalue weighted by Crippen LogP contribution is 2.32. The van der Waals surface area contributed by atoms with Crippen molar-refractivity contribution < 1.29 is 17.9 Å². The summed E-state index contributed by atoms with van der Waals surface area (Å²) in [5.41, 5.74) is 0.532. The summed E-state index contributed by atoms with van der Waals surface area (Å²) < 4.78 is 43.6. The number of ether oxygens (including phenoxy) is 1. The second-order valence-corrected chi connectivity index (χ2v) is 5.49. The third kappa shape index (κ3) is 3.56. The Kier molecular flexibility index (Phi) is 4.12. The molecule has 2 aromatic rings. The van der Waals surface area contributed by atoms with Crippen molar-refractivity contribution in [1.82, 2.24) is 5.32 Å². The average molecular weight is 338 g/mol. The molecule has 1 heterocycles. The van der Waals surface area contributed by atoms with Crippen LogP contribution < -0.4 is 15.4 Å². The van der Waals surface area contributed by atoms with E-state index in [1.807, 2.05) is 24.3 Å². The highest BCUT2D eigenvalue weighted by atomic mass is 32.1. The normalized spacial score (nSPS) is 16.4. The van der Waals surface area contributed by atoms with Gasteiger partial charge in [0.1, 0.15) is 12.4 Å². The average Bonchev–Trinajstić information content (AvgIpc) is 2.90. The molecular formula is C16H13F3N2OS. The molecule has 0 saturated heterocycles. The maximum Gasteiger partial charge on any atom is 0.416 e. The minimum absolute atomic E-state index is 0.128. The fraction of sp³-hybridized carbons (Fsp3) is 0.188. The number of fused-ring (bicyclic) bond motifs is 1. The number of para-hydroxylation sites is 1. The minimum atomic E-state index is -4.38. The van der Waals surface area contributed by atoms with Gasteiger partial charge in [0.05, 0.1) is 11.6 Å². The fourth-order valence-electron chi connectivity index (χ4n) is 2.38. The Bertz CT molecular complexity index is 733. The number of alkyl halides is 3. The molecule has 0 amide bonds. The Labute approximate surface area is 136 Å². The van der Waals surface area contributed by atoms with Gasteiger partial charge in [-0.05, 0) is 36.5 Å². The van der Waals surface area contributed by atoms with Gasteiger partial charge in [-0.3, -0.25) is 0 Å². The van der Waals surface area contributed by atoms with Gasteiger partial charge in [0.25, 0.3) is 0 Å². The molecule has 3 rings (SSSR count). The lowest BCUT2D eigenvalue weighted by atomic mass is 10.1. The smallest absolute Gasteiger partial charge is 0.416 e. The summed E-state index contributed by atoms with van der Waals surface area (Å²) in [5, 5.41) is 6.08. The van der Waals surface area contributed by atoms with Crippen LogP contribution in [-0.4, -0.2) is 11.7 Å². The first-order valence-corrected chi connectivity index (χ1v) is 7.31. The minimum Gasteiger partial charge on any atom is -0.491 e. The first kappa shape index (κ1) is 15.6. The number of halogens is 3. The predicted molar refractivity (Wildman–Crippen MR) is 85.5 cm³/mol. The third-order valence-electron chi connectivity index (χ3n) is 3.45. The molecule has 1 aliphatic heterocycles. The van der Waals surface area contributed by atoms with E-state index in [9.17, 15) is 13.2 Å². The molecule has 1 aliphatic rings. The number of nitrogens with one attached hydrogen (secondary N) is 2. The van der Waals surface area contributed by atoms with E-state index >= 15 is 0 Å². The maximum atomic E-state index is 12.7. The topological polar surface area (TPSA) is 33.3 Å². The van der Waals surface area contributed by atoms with Gasteiger partial charge < -0.3 is 15.4 Å². The zero-order valence-corrected chi connectivity index (χ0v) is 12.7. The Morgan fingerprint density at radius 1 is 1.13 bits per heavy atom. The van der Waals surface area contributed by atoms with Gasteiger partial charge in [0, 0.05) is 11.3 Å². The third-order valence-corrected chi connectivity index (χ3v) is 3.67. The van der Waals surface area contributed by atoms with E-state index in [0.29, 0.717) is 6.61 Å². The highest BCUT2D eigenvalue weighted by molar-refractivity contribution is 7.80. The van der Waals surface area contributed by atoms with Crippen LogP contribution in [0.4, 0.5) is 18.9 Å². The summed E-state index contributed by atoms with van der Waals surface area (Å²) in [6, 6.07) is 12.3. The molecule has 0 aliphatic carbocycles. The molecular weight excluding hydrogens is 325 g/mol. The van der Waals surface area contributed by atoms with E-state index in [-0.39, 0.29) is 16.8 Å². The van der Waals surface area contributed by atoms with Crippen molar-refractivity contribution in [2.75, 3.05) is 11.9 Å². The Morgan fingerprint density at radius 3 is 2.70 bits per heavy atom. The van der Waals surface area contributed by atoms with Crippen LogP contribution in [0.3, 0.4) is 0 Å². The van der Waals surface area contributed by atoms with E-state index < -0.39 is 11.7 Å². The summed E-state index contributed by atoms with van der Waals surface area (Å²) >= 11 is 5.18. The lowest BCUT2D eigenvalue weighted by molar-refractivity contribution is -0.137. The van der Waals surface area contributed by atoms with Crippen molar-refractivity contribution in [3.05, 3.63) is 59.7 Å². The summed E-state index contributed by atoms with van der Waals surface area (Å²) in [6.07, 6.45) is -4.38. The molecule has 0 radical (unpaired) electrons. The van der Waals surface area contributed by atoms with Crippen LogP contribution in [-0.2, 0) is 6.18 Å². The van der Waals surface area contributed by atoms with Crippen molar-refractivity contribution in [1.29, 1.82) is 0 Å². The Hall–Kier alpha value is -2.28. The zero-order valence-electron chi connectivity index (χ0n) is 11.9. The van der Waals surface area contributed by atoms with Crippen molar-refractivity contribution in [3.63, 3.8) is 0 Å². The molecule has 0 aromatic heterocycles. The van der Waals surface area contributed by atoms with Crippen molar-refractivity contribution in [2.45, 2.75) is 12.2 Å². The van der Waals surface area contributed by atoms with E-state index in [4.69, 9.17) is 17.0 Å². The molecule has 1 unspecified atom stereocenters. The maximum absolute atomic E-state index is 12.7. The molecule has 0 saturated carbocycles. The predicted octanol–water partition coefficient (Wildman–Crippen LogP) is 4.13. The summed E-state index contributed by atoms with van der Waals surface area (Å²) in [5.74, 6) is 0.784. The van der Waals surface area contributed by atoms with Gasteiger partial charge in [0.2, 0.25) is 0 Å². The summed E-state index contributed by atoms with van der Waals surface area (Å²) in [4.78, 5) is 0. The van der Waals surface area contributed by atoms with Gasteiger partial charge in [-0.25, -0.2) is 0 Å². The zero-order chi connectivity index (χ0) is 16.4. The quantitative estimate of drug-likeness (QED) is 0.807. The van der Waals surface area contributed by atoms with Crippen molar-refractivity contribution in [3.8, 4) is 5.75 Å². The van der Waals surface area contributed by atoms with E-state index in [1.165, 1.54) is 12.1 Å². The van der Waals surface area contributed by atoms with Crippen LogP contribution in [0.2, 0.25) is 0 Å². The largest absolute Gasteiger partial charge is 0.491 e. The second-order valence-electron chi connectivity index (χ2n) is 5.08. The number of anilines is 1. The second kappa shape index (κ2) is 6.08. The number of thiocarbonyl (C=S) groups is 1. The molecule has 23 heavy (non-hydrogen) atoms. The van der Waals surface area contributed by atoms with Crippen LogP contribution in [0.5, 0.6) is 5.75 Å². The van der Waals surface area contributed by atoms with Crippen LogP contribution >= 0.6 is 12.2 Å². The lowest BCUT2D eigenvalue weighted by Crippen LogP contribution is -2.33. The molecule has 0 spiro atoms. The van der Waals surface area contributed by atoms with Crippen LogP contribution in [0.1, 0.15) is 17.2 Å². The number of benzene rings is 2. The SMILES string of the molecule is FC(F)(F)c1cccc(NC(=S)NC2COc3ccccc32)c1. The van der Waals surface area contributed by atoms with Crippen LogP contribution in [0.15, 0.2) is 48.5 Å². The number of hydrogen-bond donors (Lipinski definition) is 2. The molecule has 2 aromatic carbocycles. The first-order chi connectivity index (χ1) is 10.9. The number of hydrogen-bond acceptors (Lipinski definition) is 2. The Morgan fingerprint density at radius 2 is 1.91 bits per heavy atom. The van der Waals surface area contributed by atoms with Gasteiger partial charge >= 0.3 is 6.18 Å². The molecule has 1 atom stereocenters. The molecule has 0 fully saturated rings.